The van der Waals surface area contributed by atoms with E-state index < -0.39 is 5.60 Å². The number of imidazole rings is 1. The Morgan fingerprint density at radius 3 is 2.79 bits per heavy atom. The molecule has 0 saturated heterocycles. The van der Waals surface area contributed by atoms with Crippen LogP contribution in [0, 0.1) is 13.8 Å². The van der Waals surface area contributed by atoms with Crippen molar-refractivity contribution in [2.45, 2.75) is 46.0 Å². The Balaban J connectivity index is 1.80. The maximum absolute atomic E-state index is 12.8. The molecule has 7 nitrogen and oxygen atoms in total. The summed E-state index contributed by atoms with van der Waals surface area (Å²) in [6, 6.07) is 4.87. The number of pyridine rings is 1. The van der Waals surface area contributed by atoms with Crippen LogP contribution in [-0.2, 0) is 24.4 Å². The van der Waals surface area contributed by atoms with Crippen LogP contribution in [0.1, 0.15) is 24.1 Å². The third-order valence-corrected chi connectivity index (χ3v) is 4.40. The van der Waals surface area contributed by atoms with Gasteiger partial charge in [-0.25, -0.2) is 4.98 Å². The van der Waals surface area contributed by atoms with E-state index in [1.54, 1.807) is 24.0 Å². The average Bonchev–Trinajstić information content (AvgIpc) is 2.89. The highest BCUT2D eigenvalue weighted by Gasteiger charge is 2.37. The Hall–Kier alpha value is -2.41. The Labute approximate surface area is 140 Å². The van der Waals surface area contributed by atoms with Crippen LogP contribution in [-0.4, -0.2) is 42.2 Å². The van der Waals surface area contributed by atoms with Crippen molar-refractivity contribution in [3.05, 3.63) is 52.0 Å². The van der Waals surface area contributed by atoms with Gasteiger partial charge in [-0.3, -0.25) is 9.59 Å². The van der Waals surface area contributed by atoms with Crippen LogP contribution >= 0.6 is 0 Å². The molecule has 0 radical (unpaired) electrons. The second-order valence-electron chi connectivity index (χ2n) is 6.58. The van der Waals surface area contributed by atoms with Crippen LogP contribution in [0.25, 0.3) is 0 Å². The van der Waals surface area contributed by atoms with E-state index in [-0.39, 0.29) is 18.0 Å². The molecule has 1 aliphatic rings. The number of aryl methyl sites for hydroxylation is 2. The highest BCUT2D eigenvalue weighted by atomic mass is 16.3. The summed E-state index contributed by atoms with van der Waals surface area (Å²) in [5.74, 6) is 0.431. The predicted molar refractivity (Wildman–Crippen MR) is 88.4 cm³/mol. The maximum Gasteiger partial charge on any atom is 0.256 e. The molecule has 2 aromatic heterocycles. The van der Waals surface area contributed by atoms with Gasteiger partial charge in [0.15, 0.2) is 5.60 Å². The SMILES string of the molecule is Cc1cn2c(n1)CN(C(=O)C(C)(O)Cn1c(C)cccc1=O)CC2. The number of aromatic nitrogens is 3. The van der Waals surface area contributed by atoms with E-state index in [1.807, 2.05) is 17.7 Å². The lowest BCUT2D eigenvalue weighted by Crippen LogP contribution is -2.52. The zero-order chi connectivity index (χ0) is 17.5. The Morgan fingerprint density at radius 2 is 2.08 bits per heavy atom. The summed E-state index contributed by atoms with van der Waals surface area (Å²) in [6.45, 7) is 6.62. The lowest BCUT2D eigenvalue weighted by molar-refractivity contribution is -0.152. The van der Waals surface area contributed by atoms with Crippen molar-refractivity contribution in [2.75, 3.05) is 6.54 Å². The molecule has 0 saturated carbocycles. The van der Waals surface area contributed by atoms with E-state index in [9.17, 15) is 14.7 Å². The third-order valence-electron chi connectivity index (χ3n) is 4.40. The van der Waals surface area contributed by atoms with E-state index in [0.29, 0.717) is 25.3 Å². The number of nitrogens with zero attached hydrogens (tertiary/aromatic N) is 4. The van der Waals surface area contributed by atoms with Gasteiger partial charge in [-0.05, 0) is 26.8 Å². The molecule has 0 bridgehead atoms. The van der Waals surface area contributed by atoms with E-state index in [4.69, 9.17) is 0 Å². The van der Waals surface area contributed by atoms with Gasteiger partial charge in [0.05, 0.1) is 18.8 Å². The minimum atomic E-state index is -1.65. The van der Waals surface area contributed by atoms with Gasteiger partial charge in [0.1, 0.15) is 5.82 Å². The first-order chi connectivity index (χ1) is 11.3. The molecule has 0 aromatic carbocycles. The van der Waals surface area contributed by atoms with Crippen LogP contribution in [0.3, 0.4) is 0 Å². The van der Waals surface area contributed by atoms with Crippen molar-refractivity contribution in [1.29, 1.82) is 0 Å². The number of carbonyl (C=O) groups is 1. The number of aliphatic hydroxyl groups is 1. The quantitative estimate of drug-likeness (QED) is 0.886. The molecule has 0 aliphatic carbocycles. The monoisotopic (exact) mass is 330 g/mol. The number of hydrogen-bond acceptors (Lipinski definition) is 4. The highest BCUT2D eigenvalue weighted by Crippen LogP contribution is 2.18. The molecule has 24 heavy (non-hydrogen) atoms. The van der Waals surface area contributed by atoms with Crippen LogP contribution in [0.15, 0.2) is 29.2 Å². The van der Waals surface area contributed by atoms with Crippen molar-refractivity contribution in [1.82, 2.24) is 19.0 Å². The van der Waals surface area contributed by atoms with E-state index in [2.05, 4.69) is 4.98 Å². The number of amides is 1. The lowest BCUT2D eigenvalue weighted by Gasteiger charge is -2.34. The van der Waals surface area contributed by atoms with Crippen LogP contribution < -0.4 is 5.56 Å². The molecule has 3 heterocycles. The molecule has 1 unspecified atom stereocenters. The van der Waals surface area contributed by atoms with Gasteiger partial charge in [-0.2, -0.15) is 0 Å². The third kappa shape index (κ3) is 2.99. The van der Waals surface area contributed by atoms with E-state index in [1.165, 1.54) is 17.6 Å². The molecule has 1 amide bonds. The fourth-order valence-corrected chi connectivity index (χ4v) is 3.11. The average molecular weight is 330 g/mol. The summed E-state index contributed by atoms with van der Waals surface area (Å²) in [4.78, 5) is 30.8. The molecule has 3 rings (SSSR count). The first-order valence-electron chi connectivity index (χ1n) is 7.99. The molecule has 128 valence electrons. The van der Waals surface area contributed by atoms with Crippen molar-refractivity contribution < 1.29 is 9.90 Å². The molecule has 1 N–H and O–H groups in total. The van der Waals surface area contributed by atoms with Gasteiger partial charge in [0.2, 0.25) is 0 Å². The largest absolute Gasteiger partial charge is 0.378 e. The first kappa shape index (κ1) is 16.4. The standard InChI is InChI=1S/C17H22N4O3/c1-12-9-19-7-8-20(10-14(19)18-12)16(23)17(3,24)11-21-13(2)5-4-6-15(21)22/h4-6,9,24H,7-8,10-11H2,1-3H3. The summed E-state index contributed by atoms with van der Waals surface area (Å²) < 4.78 is 3.45. The number of carbonyl (C=O) groups excluding carboxylic acids is 1. The van der Waals surface area contributed by atoms with E-state index in [0.717, 1.165) is 11.5 Å². The minimum Gasteiger partial charge on any atom is -0.378 e. The molecule has 0 spiro atoms. The van der Waals surface area contributed by atoms with E-state index >= 15 is 0 Å². The normalized spacial score (nSPS) is 16.6. The topological polar surface area (TPSA) is 80.4 Å². The molecule has 7 heteroatoms. The summed E-state index contributed by atoms with van der Waals surface area (Å²) in [5, 5.41) is 10.7. The first-order valence-corrected chi connectivity index (χ1v) is 7.99. The molecule has 1 aliphatic heterocycles. The van der Waals surface area contributed by atoms with Gasteiger partial charge in [0, 0.05) is 31.0 Å². The number of fused-ring (bicyclic) bond motifs is 1. The smallest absolute Gasteiger partial charge is 0.256 e. The summed E-state index contributed by atoms with van der Waals surface area (Å²) in [6.07, 6.45) is 1.96. The number of hydrogen-bond donors (Lipinski definition) is 1. The minimum absolute atomic E-state index is 0.0681. The van der Waals surface area contributed by atoms with Crippen LogP contribution in [0.4, 0.5) is 0 Å². The lowest BCUT2D eigenvalue weighted by atomic mass is 10.0. The fourth-order valence-electron chi connectivity index (χ4n) is 3.11. The highest BCUT2D eigenvalue weighted by molar-refractivity contribution is 5.84. The van der Waals surface area contributed by atoms with Gasteiger partial charge >= 0.3 is 0 Å². The van der Waals surface area contributed by atoms with Crippen molar-refractivity contribution in [2.24, 2.45) is 0 Å². The molecule has 1 atom stereocenters. The maximum atomic E-state index is 12.8. The van der Waals surface area contributed by atoms with Gasteiger partial charge in [-0.15, -0.1) is 0 Å². The summed E-state index contributed by atoms with van der Waals surface area (Å²) in [7, 11) is 0. The summed E-state index contributed by atoms with van der Waals surface area (Å²) in [5.41, 5.74) is -0.259. The fraction of sp³-hybridized carbons (Fsp3) is 0.471. The second kappa shape index (κ2) is 5.90. The molecule has 0 fully saturated rings. The Bertz CT molecular complexity index is 835. The number of rotatable bonds is 3. The van der Waals surface area contributed by atoms with Crippen molar-refractivity contribution in [3.63, 3.8) is 0 Å². The Kier molecular flexibility index (Phi) is 4.04. The molecule has 2 aromatic rings. The van der Waals surface area contributed by atoms with Crippen LogP contribution in [0.5, 0.6) is 0 Å². The zero-order valence-electron chi connectivity index (χ0n) is 14.2. The molecular formula is C17H22N4O3. The van der Waals surface area contributed by atoms with Gasteiger partial charge in [-0.1, -0.05) is 6.07 Å². The zero-order valence-corrected chi connectivity index (χ0v) is 14.2. The van der Waals surface area contributed by atoms with Crippen molar-refractivity contribution in [3.8, 4) is 0 Å². The molecular weight excluding hydrogens is 308 g/mol. The Morgan fingerprint density at radius 1 is 1.33 bits per heavy atom. The second-order valence-corrected chi connectivity index (χ2v) is 6.58. The van der Waals surface area contributed by atoms with Crippen LogP contribution in [0.2, 0.25) is 0 Å². The van der Waals surface area contributed by atoms with Crippen molar-refractivity contribution >= 4 is 5.91 Å². The van der Waals surface area contributed by atoms with Gasteiger partial charge < -0.3 is 19.1 Å². The predicted octanol–water partition coefficient (Wildman–Crippen LogP) is 0.455. The summed E-state index contributed by atoms with van der Waals surface area (Å²) >= 11 is 0. The van der Waals surface area contributed by atoms with Gasteiger partial charge in [0.25, 0.3) is 11.5 Å².